The van der Waals surface area contributed by atoms with Gasteiger partial charge in [0.25, 0.3) is 0 Å². The third-order valence-corrected chi connectivity index (χ3v) is 4.07. The van der Waals surface area contributed by atoms with E-state index in [2.05, 4.69) is 33.0 Å². The minimum atomic E-state index is -0.173. The van der Waals surface area contributed by atoms with Crippen molar-refractivity contribution in [1.82, 2.24) is 10.2 Å². The Morgan fingerprint density at radius 3 is 2.47 bits per heavy atom. The molecule has 4 nitrogen and oxygen atoms in total. The first-order valence-corrected chi connectivity index (χ1v) is 6.53. The number of amides is 1. The molecule has 4 heteroatoms. The lowest BCUT2D eigenvalue weighted by Gasteiger charge is -2.46. The van der Waals surface area contributed by atoms with Crippen LogP contribution in [0.2, 0.25) is 0 Å². The van der Waals surface area contributed by atoms with Crippen LogP contribution < -0.4 is 5.32 Å². The Kier molecular flexibility index (Phi) is 3.10. The summed E-state index contributed by atoms with van der Waals surface area (Å²) in [5.41, 5.74) is -0.315. The summed E-state index contributed by atoms with van der Waals surface area (Å²) >= 11 is 0. The van der Waals surface area contributed by atoms with E-state index < -0.39 is 0 Å². The van der Waals surface area contributed by atoms with Gasteiger partial charge in [0.2, 0.25) is 0 Å². The van der Waals surface area contributed by atoms with Crippen LogP contribution >= 0.6 is 0 Å². The number of nitrogens with one attached hydrogen (secondary N) is 1. The molecule has 2 rings (SSSR count). The number of nitrogens with zero attached hydrogens (tertiary/aromatic N) is 1. The summed E-state index contributed by atoms with van der Waals surface area (Å²) in [5, 5.41) is 3.38. The molecule has 1 unspecified atom stereocenters. The number of piperidine rings is 1. The van der Waals surface area contributed by atoms with Crippen LogP contribution in [-0.4, -0.2) is 41.8 Å². The molecule has 2 heterocycles. The lowest BCUT2D eigenvalue weighted by molar-refractivity contribution is 0.0362. The van der Waals surface area contributed by atoms with E-state index in [1.54, 1.807) is 0 Å². The summed E-state index contributed by atoms with van der Waals surface area (Å²) in [5.74, 6) is 0.537. The molecule has 2 saturated heterocycles. The van der Waals surface area contributed by atoms with E-state index in [-0.39, 0.29) is 17.2 Å². The third-order valence-electron chi connectivity index (χ3n) is 4.07. The average Bonchev–Trinajstić information content (AvgIpc) is 2.57. The monoisotopic (exact) mass is 240 g/mol. The molecule has 0 bridgehead atoms. The van der Waals surface area contributed by atoms with E-state index in [0.717, 1.165) is 25.9 Å². The molecule has 17 heavy (non-hydrogen) atoms. The Hall–Kier alpha value is -0.770. The van der Waals surface area contributed by atoms with Crippen molar-refractivity contribution in [3.8, 4) is 0 Å². The first kappa shape index (κ1) is 12.7. The second-order valence-corrected chi connectivity index (χ2v) is 6.44. The van der Waals surface area contributed by atoms with Crippen molar-refractivity contribution < 1.29 is 9.53 Å². The number of cyclic esters (lactones) is 1. The summed E-state index contributed by atoms with van der Waals surface area (Å²) in [7, 11) is 0. The van der Waals surface area contributed by atoms with Gasteiger partial charge in [-0.15, -0.1) is 0 Å². The van der Waals surface area contributed by atoms with Crippen molar-refractivity contribution in [3.63, 3.8) is 0 Å². The summed E-state index contributed by atoms with van der Waals surface area (Å²) in [6.07, 6.45) is 2.10. The van der Waals surface area contributed by atoms with Crippen molar-refractivity contribution in [3.05, 3.63) is 0 Å². The van der Waals surface area contributed by atoms with Crippen LogP contribution in [0.15, 0.2) is 0 Å². The Labute approximate surface area is 104 Å². The first-order valence-electron chi connectivity index (χ1n) is 6.53. The zero-order valence-electron chi connectivity index (χ0n) is 11.4. The summed E-state index contributed by atoms with van der Waals surface area (Å²) in [4.78, 5) is 13.9. The first-order chi connectivity index (χ1) is 7.86. The second-order valence-electron chi connectivity index (χ2n) is 6.44. The Morgan fingerprint density at radius 2 is 1.94 bits per heavy atom. The molecule has 2 fully saturated rings. The van der Waals surface area contributed by atoms with Gasteiger partial charge in [-0.2, -0.15) is 0 Å². The highest BCUT2D eigenvalue weighted by molar-refractivity contribution is 5.72. The molecule has 0 aliphatic carbocycles. The smallest absolute Gasteiger partial charge is 0.410 e. The predicted molar refractivity (Wildman–Crippen MR) is 66.9 cm³/mol. The van der Waals surface area contributed by atoms with Crippen molar-refractivity contribution >= 4 is 6.09 Å². The van der Waals surface area contributed by atoms with Gasteiger partial charge in [0.1, 0.15) is 6.61 Å². The van der Waals surface area contributed by atoms with Gasteiger partial charge in [0.05, 0.1) is 5.54 Å². The maximum Gasteiger partial charge on any atom is 0.410 e. The minimum Gasteiger partial charge on any atom is -0.447 e. The van der Waals surface area contributed by atoms with Gasteiger partial charge in [-0.25, -0.2) is 4.79 Å². The zero-order chi connectivity index (χ0) is 12.7. The van der Waals surface area contributed by atoms with Crippen LogP contribution in [-0.2, 0) is 4.74 Å². The fraction of sp³-hybridized carbons (Fsp3) is 0.923. The largest absolute Gasteiger partial charge is 0.447 e. The molecule has 1 atom stereocenters. The van der Waals surface area contributed by atoms with E-state index in [9.17, 15) is 4.79 Å². The van der Waals surface area contributed by atoms with Crippen LogP contribution in [0.1, 0.15) is 40.5 Å². The number of carbonyl (C=O) groups excluding carboxylic acids is 1. The number of carbonyl (C=O) groups is 1. The van der Waals surface area contributed by atoms with Crippen molar-refractivity contribution in [1.29, 1.82) is 0 Å². The van der Waals surface area contributed by atoms with E-state index in [1.165, 1.54) is 0 Å². The van der Waals surface area contributed by atoms with E-state index in [1.807, 2.05) is 4.90 Å². The molecule has 2 aliphatic heterocycles. The molecule has 0 aromatic rings. The maximum atomic E-state index is 12.0. The van der Waals surface area contributed by atoms with Crippen LogP contribution in [0.3, 0.4) is 0 Å². The van der Waals surface area contributed by atoms with Crippen molar-refractivity contribution in [2.75, 3.05) is 19.7 Å². The summed E-state index contributed by atoms with van der Waals surface area (Å²) in [6.45, 7) is 11.1. The molecule has 0 radical (unpaired) electrons. The van der Waals surface area contributed by atoms with Gasteiger partial charge in [0, 0.05) is 5.54 Å². The number of hydrogen-bond acceptors (Lipinski definition) is 3. The highest BCUT2D eigenvalue weighted by Gasteiger charge is 2.52. The molecule has 1 N–H and O–H groups in total. The van der Waals surface area contributed by atoms with Crippen molar-refractivity contribution in [2.24, 2.45) is 5.92 Å². The fourth-order valence-electron chi connectivity index (χ4n) is 3.33. The summed E-state index contributed by atoms with van der Waals surface area (Å²) in [6, 6.07) is 0. The fourth-order valence-corrected chi connectivity index (χ4v) is 3.33. The van der Waals surface area contributed by atoms with Gasteiger partial charge >= 0.3 is 6.09 Å². The Morgan fingerprint density at radius 1 is 1.35 bits per heavy atom. The quantitative estimate of drug-likeness (QED) is 0.762. The maximum absolute atomic E-state index is 12.0. The molecule has 0 aromatic carbocycles. The van der Waals surface area contributed by atoms with Crippen LogP contribution in [0.25, 0.3) is 0 Å². The molecule has 2 aliphatic rings. The number of hydrogen-bond donors (Lipinski definition) is 1. The SMILES string of the molecule is CC(C)(C)N1C(=O)OCC1(C)C1CCNCC1. The Balaban J connectivity index is 2.24. The normalized spacial score (nSPS) is 31.8. The molecule has 0 aromatic heterocycles. The van der Waals surface area contributed by atoms with Crippen LogP contribution in [0.5, 0.6) is 0 Å². The summed E-state index contributed by atoms with van der Waals surface area (Å²) < 4.78 is 5.33. The number of ether oxygens (including phenoxy) is 1. The van der Waals surface area contributed by atoms with Crippen LogP contribution in [0, 0.1) is 5.92 Å². The highest BCUT2D eigenvalue weighted by Crippen LogP contribution is 2.40. The van der Waals surface area contributed by atoms with E-state index in [0.29, 0.717) is 12.5 Å². The standard InChI is InChI=1S/C13H24N2O2/c1-12(2,3)15-11(16)17-9-13(15,4)10-5-7-14-8-6-10/h10,14H,5-9H2,1-4H3. The van der Waals surface area contributed by atoms with Gasteiger partial charge < -0.3 is 10.1 Å². The number of rotatable bonds is 1. The van der Waals surface area contributed by atoms with Crippen LogP contribution in [0.4, 0.5) is 4.79 Å². The Bertz CT molecular complexity index is 305. The molecule has 1 amide bonds. The zero-order valence-corrected chi connectivity index (χ0v) is 11.4. The third kappa shape index (κ3) is 2.15. The van der Waals surface area contributed by atoms with Crippen molar-refractivity contribution in [2.45, 2.75) is 51.6 Å². The molecular weight excluding hydrogens is 216 g/mol. The second kappa shape index (κ2) is 4.16. The lowest BCUT2D eigenvalue weighted by atomic mass is 9.77. The molecular formula is C13H24N2O2. The van der Waals surface area contributed by atoms with Gasteiger partial charge in [-0.1, -0.05) is 0 Å². The lowest BCUT2D eigenvalue weighted by Crippen LogP contribution is -2.59. The van der Waals surface area contributed by atoms with Gasteiger partial charge in [-0.05, 0) is 59.5 Å². The average molecular weight is 240 g/mol. The molecule has 98 valence electrons. The topological polar surface area (TPSA) is 41.6 Å². The highest BCUT2D eigenvalue weighted by atomic mass is 16.6. The van der Waals surface area contributed by atoms with Gasteiger partial charge in [0.15, 0.2) is 0 Å². The van der Waals surface area contributed by atoms with E-state index in [4.69, 9.17) is 4.74 Å². The molecule has 0 saturated carbocycles. The predicted octanol–water partition coefficient (Wildman–Crippen LogP) is 2.00. The minimum absolute atomic E-state index is 0.141. The van der Waals surface area contributed by atoms with Gasteiger partial charge in [-0.3, -0.25) is 4.90 Å². The van der Waals surface area contributed by atoms with E-state index >= 15 is 0 Å². The molecule has 0 spiro atoms.